The van der Waals surface area contributed by atoms with E-state index in [9.17, 15) is 26.3 Å². The summed E-state index contributed by atoms with van der Waals surface area (Å²) in [5.41, 5.74) is 2.95. The summed E-state index contributed by atoms with van der Waals surface area (Å²) in [6.07, 6.45) is -6.93. The Balaban J connectivity index is 0.00000441. The number of benzene rings is 1. The predicted molar refractivity (Wildman–Crippen MR) is 74.8 cm³/mol. The second-order valence-electron chi connectivity index (χ2n) is 4.94. The highest BCUT2D eigenvalue weighted by Gasteiger charge is 2.37. The molecule has 0 saturated carbocycles. The fraction of sp³-hybridized carbons (Fsp3) is 0.571. The monoisotopic (exact) mass is 349 g/mol. The van der Waals surface area contributed by atoms with Gasteiger partial charge >= 0.3 is 12.4 Å². The van der Waals surface area contributed by atoms with E-state index < -0.39 is 29.5 Å². The van der Waals surface area contributed by atoms with Crippen LogP contribution in [0, 0.1) is 0 Å². The first-order chi connectivity index (χ1) is 9.55. The van der Waals surface area contributed by atoms with Crippen LogP contribution in [-0.4, -0.2) is 0 Å². The van der Waals surface area contributed by atoms with Crippen molar-refractivity contribution in [1.82, 2.24) is 0 Å². The van der Waals surface area contributed by atoms with Gasteiger partial charge < -0.3 is 5.73 Å². The highest BCUT2D eigenvalue weighted by atomic mass is 35.5. The molecule has 0 amide bonds. The molecule has 0 heterocycles. The standard InChI is InChI=1S/C14H17F6N.ClH/c1-2-3-4-5-12(21)9-6-10(13(15,16)17)8-11(7-9)14(18,19)20;/h6-8,12H,2-5,21H2,1H3;1H/t12-;/m0./s1. The molecule has 0 fully saturated rings. The Morgan fingerprint density at radius 3 is 1.73 bits per heavy atom. The summed E-state index contributed by atoms with van der Waals surface area (Å²) < 4.78 is 76.2. The zero-order valence-corrected chi connectivity index (χ0v) is 12.7. The predicted octanol–water partition coefficient (Wildman–Crippen LogP) is 5.73. The Hall–Kier alpha value is -0.950. The molecule has 8 heteroatoms. The maximum atomic E-state index is 12.7. The molecule has 1 atom stereocenters. The van der Waals surface area contributed by atoms with E-state index in [4.69, 9.17) is 5.73 Å². The minimum absolute atomic E-state index is 0. The zero-order chi connectivity index (χ0) is 16.3. The van der Waals surface area contributed by atoms with E-state index in [1.807, 2.05) is 6.92 Å². The molecule has 0 aliphatic carbocycles. The molecule has 128 valence electrons. The van der Waals surface area contributed by atoms with Crippen molar-refractivity contribution < 1.29 is 26.3 Å². The highest BCUT2D eigenvalue weighted by Crippen LogP contribution is 2.37. The van der Waals surface area contributed by atoms with Crippen molar-refractivity contribution >= 4 is 12.4 Å². The van der Waals surface area contributed by atoms with Crippen molar-refractivity contribution in [3.8, 4) is 0 Å². The first-order valence-electron chi connectivity index (χ1n) is 6.60. The topological polar surface area (TPSA) is 26.0 Å². The van der Waals surface area contributed by atoms with E-state index in [0.29, 0.717) is 25.0 Å². The second-order valence-corrected chi connectivity index (χ2v) is 4.94. The van der Waals surface area contributed by atoms with Gasteiger partial charge in [-0.3, -0.25) is 0 Å². The van der Waals surface area contributed by atoms with Crippen molar-refractivity contribution in [2.75, 3.05) is 0 Å². The SMILES string of the molecule is CCCCC[C@H](N)c1cc(C(F)(F)F)cc(C(F)(F)F)c1.Cl. The quantitative estimate of drug-likeness (QED) is 0.533. The lowest BCUT2D eigenvalue weighted by atomic mass is 9.96. The van der Waals surface area contributed by atoms with E-state index in [1.54, 1.807) is 0 Å². The van der Waals surface area contributed by atoms with E-state index in [-0.39, 0.29) is 24.0 Å². The maximum absolute atomic E-state index is 12.7. The number of hydrogen-bond donors (Lipinski definition) is 1. The average Bonchev–Trinajstić information content (AvgIpc) is 2.36. The van der Waals surface area contributed by atoms with Crippen LogP contribution in [0.5, 0.6) is 0 Å². The minimum Gasteiger partial charge on any atom is -0.324 e. The van der Waals surface area contributed by atoms with Crippen molar-refractivity contribution in [3.05, 3.63) is 34.9 Å². The van der Waals surface area contributed by atoms with Gasteiger partial charge in [-0.2, -0.15) is 26.3 Å². The normalized spacial score (nSPS) is 13.6. The smallest absolute Gasteiger partial charge is 0.324 e. The number of halogens is 7. The Morgan fingerprint density at radius 2 is 1.36 bits per heavy atom. The van der Waals surface area contributed by atoms with E-state index >= 15 is 0 Å². The molecule has 0 aliphatic rings. The summed E-state index contributed by atoms with van der Waals surface area (Å²) in [5, 5.41) is 0. The molecule has 1 aromatic carbocycles. The molecule has 0 aliphatic heterocycles. The van der Waals surface area contributed by atoms with E-state index in [2.05, 4.69) is 0 Å². The Kier molecular flexibility index (Phi) is 7.71. The van der Waals surface area contributed by atoms with Crippen LogP contribution in [-0.2, 0) is 12.4 Å². The lowest BCUT2D eigenvalue weighted by Crippen LogP contribution is -2.16. The van der Waals surface area contributed by atoms with Crippen LogP contribution in [0.1, 0.15) is 55.3 Å². The maximum Gasteiger partial charge on any atom is 0.416 e. The molecule has 1 rings (SSSR count). The summed E-state index contributed by atoms with van der Waals surface area (Å²) in [6, 6.07) is 0.680. The van der Waals surface area contributed by atoms with Gasteiger partial charge in [0, 0.05) is 6.04 Å². The Bertz CT molecular complexity index is 437. The van der Waals surface area contributed by atoms with Crippen LogP contribution in [0.4, 0.5) is 26.3 Å². The van der Waals surface area contributed by atoms with Crippen LogP contribution >= 0.6 is 12.4 Å². The molecule has 0 aromatic heterocycles. The third kappa shape index (κ3) is 6.04. The Labute approximate surface area is 131 Å². The number of rotatable bonds is 5. The number of unbranched alkanes of at least 4 members (excludes halogenated alkanes) is 2. The minimum atomic E-state index is -4.83. The van der Waals surface area contributed by atoms with Gasteiger partial charge in [0.05, 0.1) is 11.1 Å². The number of alkyl halides is 6. The summed E-state index contributed by atoms with van der Waals surface area (Å²) >= 11 is 0. The van der Waals surface area contributed by atoms with Gasteiger partial charge in [0.1, 0.15) is 0 Å². The number of nitrogens with two attached hydrogens (primary N) is 1. The van der Waals surface area contributed by atoms with Gasteiger partial charge in [0.25, 0.3) is 0 Å². The molecule has 1 nitrogen and oxygen atoms in total. The van der Waals surface area contributed by atoms with Crippen molar-refractivity contribution in [2.24, 2.45) is 5.73 Å². The number of hydrogen-bond acceptors (Lipinski definition) is 1. The molecular formula is C14H18ClF6N. The average molecular weight is 350 g/mol. The second kappa shape index (κ2) is 8.06. The van der Waals surface area contributed by atoms with Gasteiger partial charge in [-0.25, -0.2) is 0 Å². The highest BCUT2D eigenvalue weighted by molar-refractivity contribution is 5.85. The van der Waals surface area contributed by atoms with Crippen molar-refractivity contribution in [3.63, 3.8) is 0 Å². The van der Waals surface area contributed by atoms with E-state index in [0.717, 1.165) is 12.8 Å². The van der Waals surface area contributed by atoms with Crippen LogP contribution in [0.2, 0.25) is 0 Å². The van der Waals surface area contributed by atoms with Gasteiger partial charge in [-0.1, -0.05) is 26.2 Å². The zero-order valence-electron chi connectivity index (χ0n) is 11.9. The van der Waals surface area contributed by atoms with Gasteiger partial charge in [-0.15, -0.1) is 12.4 Å². The van der Waals surface area contributed by atoms with Gasteiger partial charge in [0.2, 0.25) is 0 Å². The molecule has 1 aromatic rings. The van der Waals surface area contributed by atoms with Crippen LogP contribution in [0.25, 0.3) is 0 Å². The van der Waals surface area contributed by atoms with E-state index in [1.165, 1.54) is 0 Å². The summed E-state index contributed by atoms with van der Waals surface area (Å²) in [6.45, 7) is 1.94. The summed E-state index contributed by atoms with van der Waals surface area (Å²) in [5.74, 6) is 0. The fourth-order valence-electron chi connectivity index (χ4n) is 1.97. The molecule has 0 saturated heterocycles. The molecule has 0 bridgehead atoms. The molecule has 0 unspecified atom stereocenters. The summed E-state index contributed by atoms with van der Waals surface area (Å²) in [4.78, 5) is 0. The summed E-state index contributed by atoms with van der Waals surface area (Å²) in [7, 11) is 0. The van der Waals surface area contributed by atoms with Crippen LogP contribution in [0.3, 0.4) is 0 Å². The van der Waals surface area contributed by atoms with Gasteiger partial charge in [0.15, 0.2) is 0 Å². The van der Waals surface area contributed by atoms with Crippen LogP contribution in [0.15, 0.2) is 18.2 Å². The first-order valence-corrected chi connectivity index (χ1v) is 6.60. The van der Waals surface area contributed by atoms with Crippen molar-refractivity contribution in [1.29, 1.82) is 0 Å². The Morgan fingerprint density at radius 1 is 0.909 bits per heavy atom. The third-order valence-electron chi connectivity index (χ3n) is 3.16. The first kappa shape index (κ1) is 21.0. The molecule has 22 heavy (non-hydrogen) atoms. The lowest BCUT2D eigenvalue weighted by Gasteiger charge is -2.18. The molecular weight excluding hydrogens is 332 g/mol. The third-order valence-corrected chi connectivity index (χ3v) is 3.16. The van der Waals surface area contributed by atoms with Gasteiger partial charge in [-0.05, 0) is 30.2 Å². The molecule has 0 spiro atoms. The largest absolute Gasteiger partial charge is 0.416 e. The molecule has 2 N–H and O–H groups in total. The fourth-order valence-corrected chi connectivity index (χ4v) is 1.97. The van der Waals surface area contributed by atoms with Crippen molar-refractivity contribution in [2.45, 2.75) is 51.0 Å². The van der Waals surface area contributed by atoms with Crippen LogP contribution < -0.4 is 5.73 Å². The molecule has 0 radical (unpaired) electrons. The lowest BCUT2D eigenvalue weighted by molar-refractivity contribution is -0.143.